The van der Waals surface area contributed by atoms with Gasteiger partial charge in [-0.3, -0.25) is 14.4 Å². The highest BCUT2D eigenvalue weighted by molar-refractivity contribution is 5.79. The van der Waals surface area contributed by atoms with Gasteiger partial charge in [-0.1, -0.05) is 6.42 Å². The Kier molecular flexibility index (Phi) is 5.14. The number of amides is 1. The molecule has 0 radical (unpaired) electrons. The zero-order valence-electron chi connectivity index (χ0n) is 15.6. The molecule has 1 saturated carbocycles. The number of aryl methyl sites for hydroxylation is 2. The van der Waals surface area contributed by atoms with E-state index in [2.05, 4.69) is 39.1 Å². The predicted molar refractivity (Wildman–Crippen MR) is 95.8 cm³/mol. The summed E-state index contributed by atoms with van der Waals surface area (Å²) in [6.07, 6.45) is 5.48. The molecule has 1 saturated heterocycles. The minimum Gasteiger partial charge on any atom is -0.337 e. The molecule has 2 aliphatic rings. The third-order valence-corrected chi connectivity index (χ3v) is 5.61. The molecule has 6 heteroatoms. The van der Waals surface area contributed by atoms with Crippen molar-refractivity contribution in [3.63, 3.8) is 0 Å². The van der Waals surface area contributed by atoms with Crippen molar-refractivity contribution >= 4 is 5.91 Å². The van der Waals surface area contributed by atoms with Crippen LogP contribution in [0.25, 0.3) is 0 Å². The van der Waals surface area contributed by atoms with Gasteiger partial charge in [0.1, 0.15) is 5.54 Å². The van der Waals surface area contributed by atoms with E-state index in [-0.39, 0.29) is 5.91 Å². The van der Waals surface area contributed by atoms with Gasteiger partial charge in [0.2, 0.25) is 5.91 Å². The van der Waals surface area contributed by atoms with Crippen LogP contribution in [0.2, 0.25) is 0 Å². The molecule has 3 rings (SSSR count). The monoisotopic (exact) mass is 343 g/mol. The van der Waals surface area contributed by atoms with Crippen LogP contribution >= 0.6 is 0 Å². The maximum absolute atomic E-state index is 12.6. The Bertz CT molecular complexity index is 672. The van der Waals surface area contributed by atoms with E-state index in [1.165, 1.54) is 12.1 Å². The normalized spacial score (nSPS) is 23.7. The smallest absolute Gasteiger partial charge is 0.235 e. The molecule has 2 fully saturated rings. The van der Waals surface area contributed by atoms with Crippen LogP contribution in [0.15, 0.2) is 6.07 Å². The van der Waals surface area contributed by atoms with Crippen molar-refractivity contribution < 1.29 is 4.79 Å². The third kappa shape index (κ3) is 4.21. The molecule has 136 valence electrons. The minimum atomic E-state index is -0.710. The molecule has 1 amide bonds. The lowest BCUT2D eigenvalue weighted by molar-refractivity contribution is -0.124. The van der Waals surface area contributed by atoms with Crippen LogP contribution in [0.3, 0.4) is 0 Å². The Labute approximate surface area is 150 Å². The first kappa shape index (κ1) is 17.9. The second kappa shape index (κ2) is 7.17. The first-order valence-electron chi connectivity index (χ1n) is 9.38. The summed E-state index contributed by atoms with van der Waals surface area (Å²) >= 11 is 0. The summed E-state index contributed by atoms with van der Waals surface area (Å²) in [6, 6.07) is 4.72. The Morgan fingerprint density at radius 3 is 2.76 bits per heavy atom. The van der Waals surface area contributed by atoms with Crippen molar-refractivity contribution in [1.82, 2.24) is 20.0 Å². The number of hydrogen-bond acceptors (Lipinski definition) is 4. The van der Waals surface area contributed by atoms with Gasteiger partial charge in [0.05, 0.1) is 24.9 Å². The number of nitrogens with zero attached hydrogens (tertiary/aromatic N) is 4. The van der Waals surface area contributed by atoms with Crippen LogP contribution in [0.5, 0.6) is 0 Å². The predicted octanol–water partition coefficient (Wildman–Crippen LogP) is 2.16. The van der Waals surface area contributed by atoms with Crippen LogP contribution in [0.4, 0.5) is 0 Å². The van der Waals surface area contributed by atoms with Gasteiger partial charge in [-0.2, -0.15) is 10.4 Å². The van der Waals surface area contributed by atoms with E-state index in [1.807, 2.05) is 13.8 Å². The quantitative estimate of drug-likeness (QED) is 0.859. The molecule has 1 N–H and O–H groups in total. The van der Waals surface area contributed by atoms with E-state index in [0.29, 0.717) is 18.5 Å². The molecule has 6 nitrogen and oxygen atoms in total. The van der Waals surface area contributed by atoms with Gasteiger partial charge >= 0.3 is 0 Å². The third-order valence-electron chi connectivity index (χ3n) is 5.61. The number of rotatable bonds is 6. The summed E-state index contributed by atoms with van der Waals surface area (Å²) in [5, 5.41) is 17.0. The number of hydrogen-bond donors (Lipinski definition) is 1. The molecule has 25 heavy (non-hydrogen) atoms. The largest absolute Gasteiger partial charge is 0.337 e. The summed E-state index contributed by atoms with van der Waals surface area (Å²) in [6.45, 7) is 8.07. The maximum atomic E-state index is 12.6. The average Bonchev–Trinajstić information content (AvgIpc) is 3.36. The number of nitriles is 1. The van der Waals surface area contributed by atoms with E-state index in [0.717, 1.165) is 44.5 Å². The SMILES string of the molecule is Cc1cc(C)n(C[C@H]2CCCCN2CC(=O)N[C@@](C)(C#N)C2CC2)n1. The van der Waals surface area contributed by atoms with Crippen LogP contribution in [0.1, 0.15) is 50.4 Å². The Balaban J connectivity index is 1.62. The summed E-state index contributed by atoms with van der Waals surface area (Å²) in [5.41, 5.74) is 1.49. The molecule has 0 unspecified atom stereocenters. The van der Waals surface area contributed by atoms with Gasteiger partial charge < -0.3 is 5.32 Å². The molecule has 0 spiro atoms. The lowest BCUT2D eigenvalue weighted by Gasteiger charge is -2.36. The second-order valence-electron chi connectivity index (χ2n) is 7.87. The maximum Gasteiger partial charge on any atom is 0.235 e. The molecule has 2 heterocycles. The lowest BCUT2D eigenvalue weighted by atomic mass is 9.97. The number of nitrogens with one attached hydrogen (secondary N) is 1. The molecule has 1 aromatic rings. The van der Waals surface area contributed by atoms with Crippen molar-refractivity contribution in [2.75, 3.05) is 13.1 Å². The van der Waals surface area contributed by atoms with Gasteiger partial charge in [0.15, 0.2) is 0 Å². The number of aromatic nitrogens is 2. The fourth-order valence-corrected chi connectivity index (χ4v) is 3.93. The summed E-state index contributed by atoms with van der Waals surface area (Å²) < 4.78 is 2.06. The second-order valence-corrected chi connectivity index (χ2v) is 7.87. The van der Waals surface area contributed by atoms with Gasteiger partial charge in [0.25, 0.3) is 0 Å². The first-order valence-corrected chi connectivity index (χ1v) is 9.38. The van der Waals surface area contributed by atoms with Crippen LogP contribution in [-0.4, -0.2) is 45.3 Å². The highest BCUT2D eigenvalue weighted by Gasteiger charge is 2.43. The molecular weight excluding hydrogens is 314 g/mol. The van der Waals surface area contributed by atoms with Crippen LogP contribution < -0.4 is 5.32 Å². The molecule has 0 bridgehead atoms. The van der Waals surface area contributed by atoms with Crippen molar-refractivity contribution in [3.8, 4) is 6.07 Å². The van der Waals surface area contributed by atoms with Gasteiger partial charge in [-0.15, -0.1) is 0 Å². The fraction of sp³-hybridized carbons (Fsp3) is 0.737. The summed E-state index contributed by atoms with van der Waals surface area (Å²) in [5.74, 6) is 0.282. The number of piperidine rings is 1. The summed E-state index contributed by atoms with van der Waals surface area (Å²) in [4.78, 5) is 14.8. The highest BCUT2D eigenvalue weighted by Crippen LogP contribution is 2.39. The molecule has 0 aromatic carbocycles. The zero-order chi connectivity index (χ0) is 18.0. The fourth-order valence-electron chi connectivity index (χ4n) is 3.93. The van der Waals surface area contributed by atoms with Crippen LogP contribution in [-0.2, 0) is 11.3 Å². The van der Waals surface area contributed by atoms with E-state index in [1.54, 1.807) is 0 Å². The van der Waals surface area contributed by atoms with Crippen molar-refractivity contribution in [2.45, 2.75) is 71.0 Å². The molecule has 1 aliphatic carbocycles. The van der Waals surface area contributed by atoms with Gasteiger partial charge in [-0.05, 0) is 65.0 Å². The Morgan fingerprint density at radius 1 is 1.40 bits per heavy atom. The van der Waals surface area contributed by atoms with Crippen molar-refractivity contribution in [1.29, 1.82) is 5.26 Å². The molecule has 1 aliphatic heterocycles. The number of likely N-dealkylation sites (tertiary alicyclic amines) is 1. The van der Waals surface area contributed by atoms with E-state index in [9.17, 15) is 10.1 Å². The molecular formula is C19H29N5O. The van der Waals surface area contributed by atoms with Crippen molar-refractivity contribution in [2.24, 2.45) is 5.92 Å². The number of carbonyl (C=O) groups excluding carboxylic acids is 1. The molecule has 1 aromatic heterocycles. The van der Waals surface area contributed by atoms with Crippen LogP contribution in [0, 0.1) is 31.1 Å². The topological polar surface area (TPSA) is 74.0 Å². The molecule has 2 atom stereocenters. The average molecular weight is 343 g/mol. The first-order chi connectivity index (χ1) is 11.9. The lowest BCUT2D eigenvalue weighted by Crippen LogP contribution is -2.53. The van der Waals surface area contributed by atoms with Gasteiger partial charge in [0, 0.05) is 11.7 Å². The van der Waals surface area contributed by atoms with E-state index in [4.69, 9.17) is 0 Å². The number of carbonyl (C=O) groups is 1. The van der Waals surface area contributed by atoms with E-state index < -0.39 is 5.54 Å². The van der Waals surface area contributed by atoms with Gasteiger partial charge in [-0.25, -0.2) is 0 Å². The standard InChI is InChI=1S/C19H29N5O/c1-14-10-15(2)24(22-14)11-17-6-4-5-9-23(17)12-18(25)21-19(3,13-20)16-7-8-16/h10,16-17H,4-9,11-12H2,1-3H3,(H,21,25)/t17-,19+/m1/s1. The van der Waals surface area contributed by atoms with E-state index >= 15 is 0 Å². The minimum absolute atomic E-state index is 0.0313. The highest BCUT2D eigenvalue weighted by atomic mass is 16.2. The zero-order valence-corrected chi connectivity index (χ0v) is 15.6. The van der Waals surface area contributed by atoms with Crippen molar-refractivity contribution in [3.05, 3.63) is 17.5 Å². The summed E-state index contributed by atoms with van der Waals surface area (Å²) in [7, 11) is 0. The Morgan fingerprint density at radius 2 is 2.16 bits per heavy atom. The Hall–Kier alpha value is -1.87.